The fourth-order valence-corrected chi connectivity index (χ4v) is 2.34. The van der Waals surface area contributed by atoms with E-state index in [0.717, 1.165) is 17.5 Å². The summed E-state index contributed by atoms with van der Waals surface area (Å²) in [5, 5.41) is 0. The summed E-state index contributed by atoms with van der Waals surface area (Å²) in [6, 6.07) is 0. The average molecular weight is 205 g/mol. The lowest BCUT2D eigenvalue weighted by atomic mass is 10.0. The van der Waals surface area contributed by atoms with Gasteiger partial charge in [-0.2, -0.15) is 0 Å². The van der Waals surface area contributed by atoms with Gasteiger partial charge in [0.25, 0.3) is 0 Å². The third kappa shape index (κ3) is 0.997. The minimum Gasteiger partial charge on any atom is -0.465 e. The van der Waals surface area contributed by atoms with E-state index in [-0.39, 0.29) is 17.7 Å². The number of rotatable bonds is 1. The minimum atomic E-state index is -0.316. The van der Waals surface area contributed by atoms with E-state index >= 15 is 0 Å². The number of hydrogen-bond acceptors (Lipinski definition) is 4. The van der Waals surface area contributed by atoms with Crippen LogP contribution in [0.2, 0.25) is 0 Å². The molecule has 1 aliphatic carbocycles. The highest BCUT2D eigenvalue weighted by molar-refractivity contribution is 5.91. The number of methoxy groups -OCH3 is 1. The number of epoxide rings is 1. The van der Waals surface area contributed by atoms with Gasteiger partial charge >= 0.3 is 5.97 Å². The topological polar surface area (TPSA) is 51.7 Å². The second-order valence-electron chi connectivity index (χ2n) is 4.12. The summed E-state index contributed by atoms with van der Waals surface area (Å²) in [6.07, 6.45) is 4.37. The molecule has 0 saturated carbocycles. The van der Waals surface area contributed by atoms with Crippen molar-refractivity contribution >= 4 is 5.97 Å². The molecule has 1 aromatic heterocycles. The van der Waals surface area contributed by atoms with Crippen LogP contribution in [-0.4, -0.2) is 24.2 Å². The molecule has 2 aliphatic rings. The number of hydrogen-bond donors (Lipinski definition) is 0. The number of aromatic nitrogens is 1. The van der Waals surface area contributed by atoms with Gasteiger partial charge in [0.15, 0.2) is 0 Å². The Bertz CT molecular complexity index is 457. The predicted molar refractivity (Wildman–Crippen MR) is 51.5 cm³/mol. The van der Waals surface area contributed by atoms with Crippen molar-refractivity contribution in [3.05, 3.63) is 29.1 Å². The van der Waals surface area contributed by atoms with E-state index in [0.29, 0.717) is 5.56 Å². The summed E-state index contributed by atoms with van der Waals surface area (Å²) < 4.78 is 10.3. The molecule has 4 heteroatoms. The van der Waals surface area contributed by atoms with Crippen LogP contribution < -0.4 is 0 Å². The number of carbonyl (C=O) groups is 1. The van der Waals surface area contributed by atoms with Crippen LogP contribution in [0.15, 0.2) is 12.4 Å². The molecule has 15 heavy (non-hydrogen) atoms. The van der Waals surface area contributed by atoms with Gasteiger partial charge in [0.05, 0.1) is 18.8 Å². The highest BCUT2D eigenvalue weighted by Gasteiger charge is 2.60. The van der Waals surface area contributed by atoms with Crippen molar-refractivity contribution in [2.75, 3.05) is 7.11 Å². The molecule has 0 unspecified atom stereocenters. The molecular formula is C11H11NO3. The first-order valence-electron chi connectivity index (χ1n) is 4.90. The van der Waals surface area contributed by atoms with Gasteiger partial charge in [0.1, 0.15) is 5.60 Å². The molecule has 1 aliphatic heterocycles. The molecule has 0 N–H and O–H groups in total. The van der Waals surface area contributed by atoms with Crippen LogP contribution in [0.25, 0.3) is 0 Å². The van der Waals surface area contributed by atoms with Gasteiger partial charge in [-0.25, -0.2) is 4.79 Å². The summed E-state index contributed by atoms with van der Waals surface area (Å²) in [6.45, 7) is 2.03. The van der Waals surface area contributed by atoms with E-state index in [9.17, 15) is 4.79 Å². The Labute approximate surface area is 87.2 Å². The molecule has 2 atom stereocenters. The fourth-order valence-electron chi connectivity index (χ4n) is 2.34. The Hall–Kier alpha value is -1.42. The Balaban J connectivity index is 2.13. The number of pyridine rings is 1. The first-order chi connectivity index (χ1) is 7.16. The van der Waals surface area contributed by atoms with Crippen molar-refractivity contribution < 1.29 is 14.3 Å². The molecule has 0 spiro atoms. The third-order valence-corrected chi connectivity index (χ3v) is 3.33. The molecule has 1 fully saturated rings. The number of nitrogens with zero attached hydrogens (tertiary/aromatic N) is 1. The van der Waals surface area contributed by atoms with Crippen LogP contribution in [0, 0.1) is 0 Å². The van der Waals surface area contributed by atoms with Gasteiger partial charge in [-0.3, -0.25) is 4.98 Å². The van der Waals surface area contributed by atoms with Crippen molar-refractivity contribution in [2.24, 2.45) is 0 Å². The second kappa shape index (κ2) is 2.58. The average Bonchev–Trinajstić information content (AvgIpc) is 2.81. The predicted octanol–water partition coefficient (Wildman–Crippen LogP) is 1.04. The van der Waals surface area contributed by atoms with E-state index < -0.39 is 0 Å². The van der Waals surface area contributed by atoms with E-state index in [1.165, 1.54) is 7.11 Å². The number of carbonyl (C=O) groups excluding carboxylic acids is 1. The SMILES string of the molecule is COC(=O)c1cncc2c1C[C@H]1O[C@@]21C. The van der Waals surface area contributed by atoms with Crippen LogP contribution in [0.3, 0.4) is 0 Å². The van der Waals surface area contributed by atoms with Crippen LogP contribution in [0.4, 0.5) is 0 Å². The Kier molecular flexibility index (Phi) is 1.52. The van der Waals surface area contributed by atoms with Crippen molar-refractivity contribution in [3.63, 3.8) is 0 Å². The van der Waals surface area contributed by atoms with E-state index in [4.69, 9.17) is 9.47 Å². The molecular weight excluding hydrogens is 194 g/mol. The summed E-state index contributed by atoms with van der Waals surface area (Å²) in [7, 11) is 1.38. The zero-order valence-corrected chi connectivity index (χ0v) is 8.61. The van der Waals surface area contributed by atoms with Crippen LogP contribution in [-0.2, 0) is 21.5 Å². The summed E-state index contributed by atoms with van der Waals surface area (Å²) >= 11 is 0. The Morgan fingerprint density at radius 3 is 3.20 bits per heavy atom. The largest absolute Gasteiger partial charge is 0.465 e. The summed E-state index contributed by atoms with van der Waals surface area (Å²) in [5.74, 6) is -0.316. The smallest absolute Gasteiger partial charge is 0.339 e. The number of ether oxygens (including phenoxy) is 2. The Morgan fingerprint density at radius 2 is 2.47 bits per heavy atom. The zero-order chi connectivity index (χ0) is 10.6. The lowest BCUT2D eigenvalue weighted by Crippen LogP contribution is -2.09. The summed E-state index contributed by atoms with van der Waals surface area (Å²) in [4.78, 5) is 15.6. The lowest BCUT2D eigenvalue weighted by molar-refractivity contribution is 0.0598. The maximum Gasteiger partial charge on any atom is 0.339 e. The van der Waals surface area contributed by atoms with E-state index in [1.54, 1.807) is 12.4 Å². The first kappa shape index (κ1) is 8.85. The fraction of sp³-hybridized carbons (Fsp3) is 0.455. The van der Waals surface area contributed by atoms with Gasteiger partial charge in [-0.1, -0.05) is 0 Å². The van der Waals surface area contributed by atoms with Crippen molar-refractivity contribution in [2.45, 2.75) is 25.0 Å². The number of esters is 1. The molecule has 4 nitrogen and oxygen atoms in total. The lowest BCUT2D eigenvalue weighted by Gasteiger charge is -2.09. The van der Waals surface area contributed by atoms with Crippen LogP contribution in [0.1, 0.15) is 28.4 Å². The van der Waals surface area contributed by atoms with Gasteiger partial charge in [-0.15, -0.1) is 0 Å². The molecule has 78 valence electrons. The molecule has 1 saturated heterocycles. The Morgan fingerprint density at radius 1 is 1.67 bits per heavy atom. The molecule has 0 aromatic carbocycles. The first-order valence-corrected chi connectivity index (χ1v) is 4.90. The van der Waals surface area contributed by atoms with Gasteiger partial charge in [-0.05, 0) is 12.5 Å². The van der Waals surface area contributed by atoms with Crippen LogP contribution in [0.5, 0.6) is 0 Å². The van der Waals surface area contributed by atoms with E-state index in [1.807, 2.05) is 6.92 Å². The van der Waals surface area contributed by atoms with Crippen molar-refractivity contribution in [1.82, 2.24) is 4.98 Å². The monoisotopic (exact) mass is 205 g/mol. The normalized spacial score (nSPS) is 30.7. The maximum absolute atomic E-state index is 11.5. The highest BCUT2D eigenvalue weighted by Crippen LogP contribution is 2.54. The number of fused-ring (bicyclic) bond motifs is 3. The third-order valence-electron chi connectivity index (χ3n) is 3.33. The van der Waals surface area contributed by atoms with Crippen molar-refractivity contribution in [3.8, 4) is 0 Å². The standard InChI is InChI=1S/C11H11NO3/c1-11-8-5-12-4-7(10(13)14-2)6(8)3-9(11)15-11/h4-5,9H,3H2,1-2H3/t9-,11+/m1/s1. The van der Waals surface area contributed by atoms with E-state index in [2.05, 4.69) is 4.98 Å². The summed E-state index contributed by atoms with van der Waals surface area (Å²) in [5.41, 5.74) is 2.45. The second-order valence-corrected chi connectivity index (χ2v) is 4.12. The maximum atomic E-state index is 11.5. The van der Waals surface area contributed by atoms with Crippen LogP contribution >= 0.6 is 0 Å². The highest BCUT2D eigenvalue weighted by atomic mass is 16.6. The van der Waals surface area contributed by atoms with Gasteiger partial charge in [0, 0.05) is 24.4 Å². The molecule has 2 heterocycles. The molecule has 1 aromatic rings. The minimum absolute atomic E-state index is 0.202. The molecule has 0 bridgehead atoms. The van der Waals surface area contributed by atoms with Gasteiger partial charge in [0.2, 0.25) is 0 Å². The quantitative estimate of drug-likeness (QED) is 0.507. The molecule has 0 radical (unpaired) electrons. The molecule has 0 amide bonds. The molecule has 3 rings (SSSR count). The van der Waals surface area contributed by atoms with Gasteiger partial charge < -0.3 is 9.47 Å². The van der Waals surface area contributed by atoms with Crippen molar-refractivity contribution in [1.29, 1.82) is 0 Å². The zero-order valence-electron chi connectivity index (χ0n) is 8.61.